The highest BCUT2D eigenvalue weighted by atomic mass is 16.5. The molecule has 32 heavy (non-hydrogen) atoms. The SMILES string of the molecule is CCc1nc(C=O)c(Nc2cccc(N3CCN(C)CC3)c2)nc1Oc1cccc(N)c1. The van der Waals surface area contributed by atoms with E-state index in [1.54, 1.807) is 18.2 Å². The number of hydrogen-bond acceptors (Lipinski definition) is 8. The molecule has 4 rings (SSSR count). The van der Waals surface area contributed by atoms with Crippen molar-refractivity contribution in [3.8, 4) is 11.6 Å². The predicted octanol–water partition coefficient (Wildman–Crippen LogP) is 3.72. The molecule has 8 heteroatoms. The van der Waals surface area contributed by atoms with E-state index in [1.165, 1.54) is 0 Å². The summed E-state index contributed by atoms with van der Waals surface area (Å²) in [6, 6.07) is 15.2. The number of hydrogen-bond donors (Lipinski definition) is 2. The van der Waals surface area contributed by atoms with Crippen molar-refractivity contribution >= 4 is 29.2 Å². The number of aryl methyl sites for hydroxylation is 1. The minimum absolute atomic E-state index is 0.242. The van der Waals surface area contributed by atoms with Crippen molar-refractivity contribution in [2.75, 3.05) is 49.2 Å². The first-order chi connectivity index (χ1) is 15.6. The molecule has 0 amide bonds. The van der Waals surface area contributed by atoms with E-state index in [1.807, 2.05) is 25.1 Å². The van der Waals surface area contributed by atoms with Crippen molar-refractivity contribution < 1.29 is 9.53 Å². The molecule has 0 atom stereocenters. The van der Waals surface area contributed by atoms with Crippen molar-refractivity contribution in [1.29, 1.82) is 0 Å². The second kappa shape index (κ2) is 9.65. The monoisotopic (exact) mass is 432 g/mol. The van der Waals surface area contributed by atoms with Crippen LogP contribution in [0.3, 0.4) is 0 Å². The summed E-state index contributed by atoms with van der Waals surface area (Å²) in [6.45, 7) is 5.95. The first-order valence-corrected chi connectivity index (χ1v) is 10.8. The second-order valence-electron chi connectivity index (χ2n) is 7.82. The van der Waals surface area contributed by atoms with E-state index in [2.05, 4.69) is 44.3 Å². The molecule has 1 aliphatic rings. The van der Waals surface area contributed by atoms with Crippen LogP contribution in [0.5, 0.6) is 11.6 Å². The number of anilines is 4. The Kier molecular flexibility index (Phi) is 6.51. The zero-order chi connectivity index (χ0) is 22.5. The number of carbonyl (C=O) groups is 1. The van der Waals surface area contributed by atoms with E-state index >= 15 is 0 Å². The van der Waals surface area contributed by atoms with E-state index < -0.39 is 0 Å². The van der Waals surface area contributed by atoms with Crippen LogP contribution in [0.1, 0.15) is 23.1 Å². The first-order valence-electron chi connectivity index (χ1n) is 10.8. The average molecular weight is 433 g/mol. The lowest BCUT2D eigenvalue weighted by molar-refractivity contribution is 0.111. The molecule has 1 fully saturated rings. The quantitative estimate of drug-likeness (QED) is 0.431. The van der Waals surface area contributed by atoms with Gasteiger partial charge in [-0.15, -0.1) is 0 Å². The van der Waals surface area contributed by atoms with Gasteiger partial charge in [-0.2, -0.15) is 4.98 Å². The van der Waals surface area contributed by atoms with E-state index in [4.69, 9.17) is 10.5 Å². The summed E-state index contributed by atoms with van der Waals surface area (Å²) < 4.78 is 5.97. The van der Waals surface area contributed by atoms with Gasteiger partial charge in [-0.05, 0) is 43.8 Å². The Bertz CT molecular complexity index is 1100. The third-order valence-electron chi connectivity index (χ3n) is 5.45. The van der Waals surface area contributed by atoms with Crippen molar-refractivity contribution in [2.45, 2.75) is 13.3 Å². The van der Waals surface area contributed by atoms with Crippen molar-refractivity contribution in [2.24, 2.45) is 0 Å². The zero-order valence-electron chi connectivity index (χ0n) is 18.4. The molecule has 2 heterocycles. The molecular formula is C24H28N6O2. The Labute approximate surface area is 188 Å². The van der Waals surface area contributed by atoms with Crippen molar-refractivity contribution in [1.82, 2.24) is 14.9 Å². The minimum Gasteiger partial charge on any atom is -0.437 e. The summed E-state index contributed by atoms with van der Waals surface area (Å²) in [5, 5.41) is 3.25. The van der Waals surface area contributed by atoms with Gasteiger partial charge in [0.1, 0.15) is 17.1 Å². The maximum Gasteiger partial charge on any atom is 0.243 e. The van der Waals surface area contributed by atoms with Crippen LogP contribution in [0.4, 0.5) is 22.9 Å². The van der Waals surface area contributed by atoms with Gasteiger partial charge in [0.15, 0.2) is 12.1 Å². The first kappa shape index (κ1) is 21.6. The van der Waals surface area contributed by atoms with Crippen molar-refractivity contribution in [3.05, 3.63) is 59.9 Å². The second-order valence-corrected chi connectivity index (χ2v) is 7.82. The number of likely N-dealkylation sites (N-methyl/N-ethyl adjacent to an activating group) is 1. The molecule has 3 N–H and O–H groups in total. The molecule has 0 saturated carbocycles. The maximum absolute atomic E-state index is 11.7. The molecule has 1 aliphatic heterocycles. The zero-order valence-corrected chi connectivity index (χ0v) is 18.4. The Hall–Kier alpha value is -3.65. The van der Waals surface area contributed by atoms with Crippen LogP contribution in [0.25, 0.3) is 0 Å². The van der Waals surface area contributed by atoms with Gasteiger partial charge in [0.2, 0.25) is 5.88 Å². The van der Waals surface area contributed by atoms with Gasteiger partial charge < -0.3 is 25.6 Å². The molecule has 166 valence electrons. The Balaban J connectivity index is 1.61. The molecule has 3 aromatic rings. The molecule has 2 aromatic carbocycles. The van der Waals surface area contributed by atoms with Gasteiger partial charge >= 0.3 is 0 Å². The number of piperazine rings is 1. The van der Waals surface area contributed by atoms with Crippen LogP contribution in [0.15, 0.2) is 48.5 Å². The van der Waals surface area contributed by atoms with Crippen LogP contribution in [-0.2, 0) is 6.42 Å². The van der Waals surface area contributed by atoms with E-state index in [0.717, 1.165) is 37.6 Å². The summed E-state index contributed by atoms with van der Waals surface area (Å²) in [7, 11) is 2.14. The number of carbonyl (C=O) groups excluding carboxylic acids is 1. The number of nitrogens with two attached hydrogens (primary N) is 1. The normalized spacial score (nSPS) is 14.2. The lowest BCUT2D eigenvalue weighted by atomic mass is 10.2. The molecule has 8 nitrogen and oxygen atoms in total. The van der Waals surface area contributed by atoms with Gasteiger partial charge in [-0.3, -0.25) is 4.79 Å². The molecule has 0 radical (unpaired) electrons. The Morgan fingerprint density at radius 1 is 1.09 bits per heavy atom. The number of aldehydes is 1. The molecule has 0 aliphatic carbocycles. The number of nitrogens with zero attached hydrogens (tertiary/aromatic N) is 4. The van der Waals surface area contributed by atoms with Crippen LogP contribution in [0.2, 0.25) is 0 Å². The van der Waals surface area contributed by atoms with Crippen LogP contribution in [0, 0.1) is 0 Å². The number of rotatable bonds is 7. The lowest BCUT2D eigenvalue weighted by Gasteiger charge is -2.34. The molecule has 1 saturated heterocycles. The summed E-state index contributed by atoms with van der Waals surface area (Å²) in [5.74, 6) is 1.27. The summed E-state index contributed by atoms with van der Waals surface area (Å²) in [4.78, 5) is 25.5. The smallest absolute Gasteiger partial charge is 0.243 e. The lowest BCUT2D eigenvalue weighted by Crippen LogP contribution is -2.44. The summed E-state index contributed by atoms with van der Waals surface area (Å²) >= 11 is 0. The van der Waals surface area contributed by atoms with Gasteiger partial charge in [0.25, 0.3) is 0 Å². The standard InChI is InChI=1S/C24H28N6O2/c1-3-21-24(32-20-9-4-6-17(25)14-20)28-23(22(16-31)27-21)26-18-7-5-8-19(15-18)30-12-10-29(2)11-13-30/h4-9,14-16H,3,10-13,25H2,1-2H3,(H,26,28). The number of aromatic nitrogens is 2. The highest BCUT2D eigenvalue weighted by Crippen LogP contribution is 2.29. The van der Waals surface area contributed by atoms with Crippen LogP contribution >= 0.6 is 0 Å². The summed E-state index contributed by atoms with van der Waals surface area (Å²) in [5.41, 5.74) is 9.26. The van der Waals surface area contributed by atoms with Crippen LogP contribution < -0.4 is 20.7 Å². The maximum atomic E-state index is 11.7. The number of ether oxygens (including phenoxy) is 1. The van der Waals surface area contributed by atoms with Crippen molar-refractivity contribution in [3.63, 3.8) is 0 Å². The minimum atomic E-state index is 0.242. The van der Waals surface area contributed by atoms with E-state index in [-0.39, 0.29) is 5.69 Å². The van der Waals surface area contributed by atoms with Crippen LogP contribution in [-0.4, -0.2) is 54.4 Å². The number of nitrogens with one attached hydrogen (secondary N) is 1. The third-order valence-corrected chi connectivity index (χ3v) is 5.45. The topological polar surface area (TPSA) is 96.6 Å². The highest BCUT2D eigenvalue weighted by molar-refractivity contribution is 5.82. The Morgan fingerprint density at radius 3 is 2.59 bits per heavy atom. The molecule has 0 spiro atoms. The van der Waals surface area contributed by atoms with Gasteiger partial charge in [-0.1, -0.05) is 19.1 Å². The number of benzene rings is 2. The fourth-order valence-corrected chi connectivity index (χ4v) is 3.63. The van der Waals surface area contributed by atoms with E-state index in [0.29, 0.717) is 41.5 Å². The predicted molar refractivity (Wildman–Crippen MR) is 127 cm³/mol. The van der Waals surface area contributed by atoms with Gasteiger partial charge in [-0.25, -0.2) is 4.98 Å². The number of nitrogen functional groups attached to an aromatic ring is 1. The fourth-order valence-electron chi connectivity index (χ4n) is 3.63. The molecule has 1 aromatic heterocycles. The molecule has 0 bridgehead atoms. The average Bonchev–Trinajstić information content (AvgIpc) is 2.80. The Morgan fingerprint density at radius 2 is 1.88 bits per heavy atom. The largest absolute Gasteiger partial charge is 0.437 e. The van der Waals surface area contributed by atoms with Gasteiger partial charge in [0.05, 0.1) is 0 Å². The fraction of sp³-hybridized carbons (Fsp3) is 0.292. The van der Waals surface area contributed by atoms with E-state index in [9.17, 15) is 4.79 Å². The molecular weight excluding hydrogens is 404 g/mol. The molecule has 0 unspecified atom stereocenters. The third kappa shape index (κ3) is 4.97. The van der Waals surface area contributed by atoms with Gasteiger partial charge in [0, 0.05) is 49.3 Å². The highest BCUT2D eigenvalue weighted by Gasteiger charge is 2.17. The summed E-state index contributed by atoms with van der Waals surface area (Å²) in [6.07, 6.45) is 1.29.